The van der Waals surface area contributed by atoms with Gasteiger partial charge in [-0.2, -0.15) is 0 Å². The molecule has 8 heteroatoms. The molecule has 2 aliphatic rings. The van der Waals surface area contributed by atoms with E-state index in [-0.39, 0.29) is 17.9 Å². The topological polar surface area (TPSA) is 71.1 Å². The molecule has 1 heterocycles. The third-order valence-electron chi connectivity index (χ3n) is 6.85. The van der Waals surface area contributed by atoms with Crippen LogP contribution in [0.25, 0.3) is 0 Å². The fourth-order valence-electron chi connectivity index (χ4n) is 5.06. The first kappa shape index (κ1) is 24.4. The largest absolute Gasteiger partial charge is 0.493 e. The number of carbonyl (C=O) groups is 2. The second-order valence-electron chi connectivity index (χ2n) is 8.88. The van der Waals surface area contributed by atoms with Gasteiger partial charge in [0.15, 0.2) is 11.5 Å². The number of rotatable bonds is 7. The Hall–Kier alpha value is -2.77. The molecule has 2 amide bonds. The summed E-state index contributed by atoms with van der Waals surface area (Å²) in [7, 11) is 3.17. The van der Waals surface area contributed by atoms with Crippen LogP contribution in [-0.2, 0) is 4.79 Å². The van der Waals surface area contributed by atoms with E-state index >= 15 is 0 Å². The van der Waals surface area contributed by atoms with E-state index in [0.717, 1.165) is 25.7 Å². The van der Waals surface area contributed by atoms with Crippen LogP contribution >= 0.6 is 11.6 Å². The molecule has 7 nitrogen and oxygen atoms in total. The van der Waals surface area contributed by atoms with Crippen LogP contribution in [0.15, 0.2) is 42.5 Å². The fourth-order valence-corrected chi connectivity index (χ4v) is 5.19. The Kier molecular flexibility index (Phi) is 7.95. The Morgan fingerprint density at radius 3 is 2.21 bits per heavy atom. The molecular weight excluding hydrogens is 454 g/mol. The summed E-state index contributed by atoms with van der Waals surface area (Å²) in [6.45, 7) is 2.52. The molecule has 1 saturated carbocycles. The van der Waals surface area contributed by atoms with Crippen molar-refractivity contribution in [1.82, 2.24) is 9.80 Å². The van der Waals surface area contributed by atoms with E-state index in [2.05, 4.69) is 10.2 Å². The molecule has 2 aromatic carbocycles. The smallest absolute Gasteiger partial charge is 0.253 e. The van der Waals surface area contributed by atoms with Crippen molar-refractivity contribution < 1.29 is 19.1 Å². The number of carbonyl (C=O) groups excluding carboxylic acids is 2. The van der Waals surface area contributed by atoms with Crippen LogP contribution in [0.1, 0.15) is 36.0 Å². The first-order chi connectivity index (χ1) is 16.5. The summed E-state index contributed by atoms with van der Waals surface area (Å²) in [5.41, 5.74) is 1.32. The molecule has 1 N–H and O–H groups in total. The molecule has 1 aliphatic carbocycles. The average molecular weight is 486 g/mol. The van der Waals surface area contributed by atoms with Crippen molar-refractivity contribution in [3.8, 4) is 11.5 Å². The monoisotopic (exact) mass is 485 g/mol. The maximum atomic E-state index is 13.5. The number of benzene rings is 2. The summed E-state index contributed by atoms with van der Waals surface area (Å²) in [6, 6.07) is 12.2. The third kappa shape index (κ3) is 5.47. The lowest BCUT2D eigenvalue weighted by Gasteiger charge is -2.40. The molecule has 0 radical (unpaired) electrons. The van der Waals surface area contributed by atoms with Gasteiger partial charge in [-0.15, -0.1) is 0 Å². The van der Waals surface area contributed by atoms with Gasteiger partial charge in [0.2, 0.25) is 5.91 Å². The quantitative estimate of drug-likeness (QED) is 0.632. The molecule has 2 fully saturated rings. The van der Waals surface area contributed by atoms with Crippen LogP contribution < -0.4 is 14.8 Å². The van der Waals surface area contributed by atoms with Gasteiger partial charge in [-0.3, -0.25) is 14.5 Å². The van der Waals surface area contributed by atoms with E-state index in [0.29, 0.717) is 59.9 Å². The van der Waals surface area contributed by atoms with Crippen LogP contribution in [0, 0.1) is 5.92 Å². The van der Waals surface area contributed by atoms with E-state index in [1.165, 1.54) is 0 Å². The van der Waals surface area contributed by atoms with Crippen LogP contribution in [-0.4, -0.2) is 68.1 Å². The summed E-state index contributed by atoms with van der Waals surface area (Å²) in [5.74, 6) is 1.51. The number of nitrogens with zero attached hydrogens (tertiary/aromatic N) is 2. The highest BCUT2D eigenvalue weighted by Gasteiger charge is 2.37. The highest BCUT2D eigenvalue weighted by molar-refractivity contribution is 6.30. The van der Waals surface area contributed by atoms with Gasteiger partial charge < -0.3 is 19.7 Å². The predicted molar refractivity (Wildman–Crippen MR) is 133 cm³/mol. The maximum Gasteiger partial charge on any atom is 0.253 e. The number of ether oxygens (including phenoxy) is 2. The van der Waals surface area contributed by atoms with Crippen molar-refractivity contribution in [2.75, 3.05) is 45.7 Å². The Morgan fingerprint density at radius 1 is 0.941 bits per heavy atom. The van der Waals surface area contributed by atoms with Gasteiger partial charge in [0.25, 0.3) is 5.91 Å². The fraction of sp³-hybridized carbons (Fsp3) is 0.462. The molecule has 0 unspecified atom stereocenters. The van der Waals surface area contributed by atoms with Crippen molar-refractivity contribution in [2.45, 2.75) is 31.7 Å². The van der Waals surface area contributed by atoms with Gasteiger partial charge in [-0.1, -0.05) is 24.4 Å². The zero-order chi connectivity index (χ0) is 24.1. The number of halogens is 1. The van der Waals surface area contributed by atoms with E-state index in [1.54, 1.807) is 50.6 Å². The number of piperazine rings is 1. The number of hydrogen-bond acceptors (Lipinski definition) is 5. The molecule has 0 spiro atoms. The van der Waals surface area contributed by atoms with Gasteiger partial charge in [0.1, 0.15) is 0 Å². The Morgan fingerprint density at radius 2 is 1.59 bits per heavy atom. The molecule has 4 rings (SSSR count). The molecule has 0 bridgehead atoms. The van der Waals surface area contributed by atoms with E-state index in [4.69, 9.17) is 21.1 Å². The van der Waals surface area contributed by atoms with Crippen LogP contribution in [0.5, 0.6) is 11.5 Å². The normalized spacial score (nSPS) is 17.9. The second kappa shape index (κ2) is 11.1. The Balaban J connectivity index is 1.44. The molecule has 1 saturated heterocycles. The molecule has 182 valence electrons. The minimum Gasteiger partial charge on any atom is -0.493 e. The number of anilines is 1. The highest BCUT2D eigenvalue weighted by Crippen LogP contribution is 2.33. The SMILES string of the molecule is COc1ccc(NC(=O)[C@H](C2CCCC2)N2CCN(C(=O)c3ccc(Cl)cc3)CC2)cc1OC. The number of nitrogens with one attached hydrogen (secondary N) is 1. The Bertz CT molecular complexity index is 1000. The summed E-state index contributed by atoms with van der Waals surface area (Å²) < 4.78 is 10.7. The van der Waals surface area contributed by atoms with Crippen molar-refractivity contribution in [3.63, 3.8) is 0 Å². The van der Waals surface area contributed by atoms with Gasteiger partial charge in [0.05, 0.1) is 20.3 Å². The lowest BCUT2D eigenvalue weighted by atomic mass is 9.94. The van der Waals surface area contributed by atoms with Gasteiger partial charge in [-0.05, 0) is 55.2 Å². The zero-order valence-corrected chi connectivity index (χ0v) is 20.5. The van der Waals surface area contributed by atoms with Gasteiger partial charge in [0, 0.05) is 48.5 Å². The minimum atomic E-state index is -0.219. The maximum absolute atomic E-state index is 13.5. The molecule has 1 aliphatic heterocycles. The predicted octanol–water partition coefficient (Wildman–Crippen LogP) is 4.31. The molecule has 2 aromatic rings. The molecule has 34 heavy (non-hydrogen) atoms. The number of methoxy groups -OCH3 is 2. The van der Waals surface area contributed by atoms with Crippen molar-refractivity contribution in [1.29, 1.82) is 0 Å². The lowest BCUT2D eigenvalue weighted by molar-refractivity contribution is -0.123. The summed E-state index contributed by atoms with van der Waals surface area (Å²) in [5, 5.41) is 3.71. The van der Waals surface area contributed by atoms with Crippen LogP contribution in [0.3, 0.4) is 0 Å². The molecular formula is C26H32ClN3O4. The average Bonchev–Trinajstić information content (AvgIpc) is 3.39. The van der Waals surface area contributed by atoms with Gasteiger partial charge >= 0.3 is 0 Å². The van der Waals surface area contributed by atoms with Gasteiger partial charge in [-0.25, -0.2) is 0 Å². The molecule has 1 atom stereocenters. The minimum absolute atomic E-state index is 0.00315. The summed E-state index contributed by atoms with van der Waals surface area (Å²) >= 11 is 5.96. The summed E-state index contributed by atoms with van der Waals surface area (Å²) in [4.78, 5) is 30.5. The first-order valence-corrected chi connectivity index (χ1v) is 12.2. The molecule has 0 aromatic heterocycles. The van der Waals surface area contributed by atoms with E-state index in [9.17, 15) is 9.59 Å². The second-order valence-corrected chi connectivity index (χ2v) is 9.32. The van der Waals surface area contributed by atoms with Crippen molar-refractivity contribution >= 4 is 29.1 Å². The number of hydrogen-bond donors (Lipinski definition) is 1. The standard InChI is InChI=1S/C26H32ClN3O4/c1-33-22-12-11-21(17-23(22)34-2)28-25(31)24(18-5-3-4-6-18)29-13-15-30(16-14-29)26(32)19-7-9-20(27)10-8-19/h7-12,17-18,24H,3-6,13-16H2,1-2H3,(H,28,31)/t24-/m0/s1. The van der Waals surface area contributed by atoms with Crippen molar-refractivity contribution in [2.24, 2.45) is 5.92 Å². The van der Waals surface area contributed by atoms with E-state index < -0.39 is 0 Å². The Labute approximate surface area is 206 Å². The highest BCUT2D eigenvalue weighted by atomic mass is 35.5. The van der Waals surface area contributed by atoms with Crippen LogP contribution in [0.2, 0.25) is 5.02 Å². The lowest BCUT2D eigenvalue weighted by Crippen LogP contribution is -2.56. The summed E-state index contributed by atoms with van der Waals surface area (Å²) in [6.07, 6.45) is 4.40. The van der Waals surface area contributed by atoms with E-state index in [1.807, 2.05) is 11.0 Å². The zero-order valence-electron chi connectivity index (χ0n) is 19.8. The number of amides is 2. The van der Waals surface area contributed by atoms with Crippen molar-refractivity contribution in [3.05, 3.63) is 53.1 Å². The third-order valence-corrected chi connectivity index (χ3v) is 7.10. The van der Waals surface area contributed by atoms with Crippen LogP contribution in [0.4, 0.5) is 5.69 Å². The first-order valence-electron chi connectivity index (χ1n) is 11.8.